The van der Waals surface area contributed by atoms with Crippen LogP contribution in [0.4, 0.5) is 10.5 Å². The van der Waals surface area contributed by atoms with Gasteiger partial charge in [0.15, 0.2) is 5.96 Å². The van der Waals surface area contributed by atoms with E-state index in [0.717, 1.165) is 31.2 Å². The molecule has 0 bridgehead atoms. The maximum atomic E-state index is 11.1. The molecule has 0 aromatic heterocycles. The monoisotopic (exact) mass is 432 g/mol. The summed E-state index contributed by atoms with van der Waals surface area (Å²) in [6, 6.07) is 7.62. The van der Waals surface area contributed by atoms with Crippen LogP contribution < -0.4 is 10.6 Å². The molecule has 0 spiro atoms. The molecule has 6 nitrogen and oxygen atoms in total. The largest absolute Gasteiger partial charge is 0.453 e. The van der Waals surface area contributed by atoms with Crippen molar-refractivity contribution in [3.8, 4) is 0 Å². The molecule has 1 aromatic carbocycles. The molecule has 0 radical (unpaired) electrons. The van der Waals surface area contributed by atoms with Crippen molar-refractivity contribution in [2.45, 2.75) is 26.3 Å². The standard InChI is InChI=1S/C16H24N4O2.HI/c1-3-17-15(20-10-4-5-11-20)18-12-13-6-8-14(9-7-13)19-16(21)22-2;/h6-9H,3-5,10-12H2,1-2H3,(H,17,18)(H,19,21);1H. The van der Waals surface area contributed by atoms with E-state index in [0.29, 0.717) is 12.2 Å². The molecule has 1 aliphatic rings. The Kier molecular flexibility index (Phi) is 8.75. The number of benzene rings is 1. The topological polar surface area (TPSA) is 66.0 Å². The number of aliphatic imine (C=N–C) groups is 1. The molecule has 23 heavy (non-hydrogen) atoms. The number of guanidine groups is 1. The van der Waals surface area contributed by atoms with Crippen LogP contribution in [0, 0.1) is 0 Å². The molecule has 1 amide bonds. The minimum absolute atomic E-state index is 0. The van der Waals surface area contributed by atoms with E-state index in [2.05, 4.69) is 27.2 Å². The summed E-state index contributed by atoms with van der Waals surface area (Å²) >= 11 is 0. The summed E-state index contributed by atoms with van der Waals surface area (Å²) in [5.41, 5.74) is 1.82. The van der Waals surface area contributed by atoms with Crippen molar-refractivity contribution in [2.24, 2.45) is 4.99 Å². The Labute approximate surface area is 154 Å². The van der Waals surface area contributed by atoms with Crippen LogP contribution in [0.1, 0.15) is 25.3 Å². The SMILES string of the molecule is CCNC(=NCc1ccc(NC(=O)OC)cc1)N1CCCC1.I. The van der Waals surface area contributed by atoms with Gasteiger partial charge in [-0.05, 0) is 37.5 Å². The number of carbonyl (C=O) groups is 1. The van der Waals surface area contributed by atoms with Gasteiger partial charge in [0, 0.05) is 25.3 Å². The summed E-state index contributed by atoms with van der Waals surface area (Å²) in [5, 5.41) is 5.97. The van der Waals surface area contributed by atoms with Crippen molar-refractivity contribution in [1.82, 2.24) is 10.2 Å². The van der Waals surface area contributed by atoms with E-state index in [1.54, 1.807) is 0 Å². The quantitative estimate of drug-likeness (QED) is 0.436. The van der Waals surface area contributed by atoms with Gasteiger partial charge in [-0.15, -0.1) is 24.0 Å². The molecular weight excluding hydrogens is 407 g/mol. The van der Waals surface area contributed by atoms with Crippen molar-refractivity contribution < 1.29 is 9.53 Å². The number of ether oxygens (including phenoxy) is 1. The van der Waals surface area contributed by atoms with Gasteiger partial charge in [0.25, 0.3) is 0 Å². The van der Waals surface area contributed by atoms with Crippen LogP contribution in [-0.2, 0) is 11.3 Å². The third-order valence-corrected chi connectivity index (χ3v) is 3.54. The fourth-order valence-corrected chi connectivity index (χ4v) is 2.38. The number of hydrogen-bond acceptors (Lipinski definition) is 3. The molecule has 2 N–H and O–H groups in total. The summed E-state index contributed by atoms with van der Waals surface area (Å²) < 4.78 is 4.56. The van der Waals surface area contributed by atoms with Crippen LogP contribution in [0.25, 0.3) is 0 Å². The third-order valence-electron chi connectivity index (χ3n) is 3.54. The normalized spacial score (nSPS) is 14.2. The van der Waals surface area contributed by atoms with E-state index >= 15 is 0 Å². The average Bonchev–Trinajstić information content (AvgIpc) is 3.07. The van der Waals surface area contributed by atoms with Gasteiger partial charge in [0.2, 0.25) is 0 Å². The number of hydrogen-bond donors (Lipinski definition) is 2. The summed E-state index contributed by atoms with van der Waals surface area (Å²) in [6.07, 6.45) is 2.01. The van der Waals surface area contributed by atoms with E-state index in [4.69, 9.17) is 4.99 Å². The highest BCUT2D eigenvalue weighted by Gasteiger charge is 2.15. The minimum atomic E-state index is -0.464. The zero-order valence-electron chi connectivity index (χ0n) is 13.7. The predicted molar refractivity (Wildman–Crippen MR) is 104 cm³/mol. The van der Waals surface area contributed by atoms with Crippen LogP contribution in [0.15, 0.2) is 29.3 Å². The lowest BCUT2D eigenvalue weighted by Gasteiger charge is -2.20. The highest BCUT2D eigenvalue weighted by molar-refractivity contribution is 14.0. The second-order valence-corrected chi connectivity index (χ2v) is 5.18. The van der Waals surface area contributed by atoms with Crippen molar-refractivity contribution in [3.63, 3.8) is 0 Å². The zero-order chi connectivity index (χ0) is 15.8. The lowest BCUT2D eigenvalue weighted by Crippen LogP contribution is -2.39. The Morgan fingerprint density at radius 1 is 1.26 bits per heavy atom. The van der Waals surface area contributed by atoms with Crippen LogP contribution in [0.3, 0.4) is 0 Å². The molecule has 7 heteroatoms. The van der Waals surface area contributed by atoms with Crippen molar-refractivity contribution in [2.75, 3.05) is 32.1 Å². The molecule has 1 aromatic rings. The first kappa shape index (κ1) is 19.5. The molecule has 1 fully saturated rings. The van der Waals surface area contributed by atoms with Crippen molar-refractivity contribution >= 4 is 41.7 Å². The van der Waals surface area contributed by atoms with E-state index < -0.39 is 6.09 Å². The Morgan fingerprint density at radius 2 is 1.91 bits per heavy atom. The molecule has 1 saturated heterocycles. The second kappa shape index (κ2) is 10.3. The van der Waals surface area contributed by atoms with Gasteiger partial charge in [-0.2, -0.15) is 0 Å². The van der Waals surface area contributed by atoms with Crippen LogP contribution in [0.5, 0.6) is 0 Å². The van der Waals surface area contributed by atoms with Gasteiger partial charge >= 0.3 is 6.09 Å². The second-order valence-electron chi connectivity index (χ2n) is 5.18. The lowest BCUT2D eigenvalue weighted by atomic mass is 10.2. The van der Waals surface area contributed by atoms with Crippen molar-refractivity contribution in [1.29, 1.82) is 0 Å². The molecule has 128 valence electrons. The number of nitrogens with zero attached hydrogens (tertiary/aromatic N) is 2. The third kappa shape index (κ3) is 6.25. The molecule has 2 rings (SSSR count). The fraction of sp³-hybridized carbons (Fsp3) is 0.500. The van der Waals surface area contributed by atoms with Gasteiger partial charge in [0.05, 0.1) is 13.7 Å². The van der Waals surface area contributed by atoms with Gasteiger partial charge < -0.3 is 15.0 Å². The summed E-state index contributed by atoms with van der Waals surface area (Å²) in [5.74, 6) is 0.983. The first-order valence-electron chi connectivity index (χ1n) is 7.70. The van der Waals surface area contributed by atoms with E-state index in [1.165, 1.54) is 20.0 Å². The average molecular weight is 432 g/mol. The Balaban J connectivity index is 0.00000264. The maximum Gasteiger partial charge on any atom is 0.411 e. The Morgan fingerprint density at radius 3 is 2.48 bits per heavy atom. The number of anilines is 1. The van der Waals surface area contributed by atoms with Crippen molar-refractivity contribution in [3.05, 3.63) is 29.8 Å². The van der Waals surface area contributed by atoms with Gasteiger partial charge in [-0.3, -0.25) is 5.32 Å². The molecule has 0 aliphatic carbocycles. The van der Waals surface area contributed by atoms with E-state index in [-0.39, 0.29) is 24.0 Å². The molecule has 0 unspecified atom stereocenters. The lowest BCUT2D eigenvalue weighted by molar-refractivity contribution is 0.187. The number of carbonyl (C=O) groups excluding carboxylic acids is 1. The molecule has 0 saturated carbocycles. The van der Waals surface area contributed by atoms with Gasteiger partial charge in [0.1, 0.15) is 0 Å². The molecular formula is C16H25IN4O2. The number of rotatable bonds is 4. The van der Waals surface area contributed by atoms with Crippen LogP contribution in [-0.4, -0.2) is 43.7 Å². The Hall–Kier alpha value is -1.51. The number of nitrogens with one attached hydrogen (secondary N) is 2. The summed E-state index contributed by atoms with van der Waals surface area (Å²) in [6.45, 7) is 5.73. The highest BCUT2D eigenvalue weighted by atomic mass is 127. The molecule has 0 atom stereocenters. The number of amides is 1. The van der Waals surface area contributed by atoms with Crippen LogP contribution in [0.2, 0.25) is 0 Å². The summed E-state index contributed by atoms with van der Waals surface area (Å²) in [4.78, 5) is 18.1. The number of likely N-dealkylation sites (tertiary alicyclic amines) is 1. The maximum absolute atomic E-state index is 11.1. The highest BCUT2D eigenvalue weighted by Crippen LogP contribution is 2.12. The minimum Gasteiger partial charge on any atom is -0.453 e. The fourth-order valence-electron chi connectivity index (χ4n) is 2.38. The first-order valence-corrected chi connectivity index (χ1v) is 7.70. The number of halogens is 1. The predicted octanol–water partition coefficient (Wildman–Crippen LogP) is 3.04. The van der Waals surface area contributed by atoms with Crippen LogP contribution >= 0.6 is 24.0 Å². The van der Waals surface area contributed by atoms with Gasteiger partial charge in [-0.1, -0.05) is 12.1 Å². The smallest absolute Gasteiger partial charge is 0.411 e. The van der Waals surface area contributed by atoms with E-state index in [9.17, 15) is 4.79 Å². The first-order chi connectivity index (χ1) is 10.7. The molecule has 1 aliphatic heterocycles. The summed E-state index contributed by atoms with van der Waals surface area (Å²) in [7, 11) is 1.35. The Bertz CT molecular complexity index is 513. The van der Waals surface area contributed by atoms with Gasteiger partial charge in [-0.25, -0.2) is 9.79 Å². The number of methoxy groups -OCH3 is 1. The molecule has 1 heterocycles. The zero-order valence-corrected chi connectivity index (χ0v) is 16.0. The van der Waals surface area contributed by atoms with E-state index in [1.807, 2.05) is 24.3 Å².